The van der Waals surface area contributed by atoms with Crippen LogP contribution in [-0.4, -0.2) is 37.2 Å². The molecule has 116 valence electrons. The Bertz CT molecular complexity index is 485. The Kier molecular flexibility index (Phi) is 8.00. The van der Waals surface area contributed by atoms with Gasteiger partial charge in [-0.1, -0.05) is 29.8 Å². The summed E-state index contributed by atoms with van der Waals surface area (Å²) >= 11 is 7.61. The molecule has 0 radical (unpaired) electrons. The maximum absolute atomic E-state index is 11.8. The topological polar surface area (TPSA) is 67.4 Å². The second-order valence-corrected chi connectivity index (χ2v) is 5.67. The molecule has 2 amide bonds. The van der Waals surface area contributed by atoms with Crippen molar-refractivity contribution in [1.29, 1.82) is 0 Å². The number of nitrogens with one attached hydrogen (secondary N) is 2. The van der Waals surface area contributed by atoms with Gasteiger partial charge in [0.15, 0.2) is 0 Å². The summed E-state index contributed by atoms with van der Waals surface area (Å²) in [6.07, 6.45) is 2.46. The summed E-state index contributed by atoms with van der Waals surface area (Å²) in [7, 11) is 1.30. The molecule has 0 unspecified atom stereocenters. The van der Waals surface area contributed by atoms with E-state index < -0.39 is 18.0 Å². The predicted molar refractivity (Wildman–Crippen MR) is 85.6 cm³/mol. The van der Waals surface area contributed by atoms with E-state index in [4.69, 9.17) is 11.6 Å². The number of hydrogen-bond donors (Lipinski definition) is 2. The number of hydrogen-bond acceptors (Lipinski definition) is 4. The maximum Gasteiger partial charge on any atom is 0.328 e. The molecule has 0 fully saturated rings. The molecule has 0 bridgehead atoms. The van der Waals surface area contributed by atoms with Crippen molar-refractivity contribution in [2.75, 3.05) is 19.1 Å². The van der Waals surface area contributed by atoms with Crippen LogP contribution >= 0.6 is 23.4 Å². The van der Waals surface area contributed by atoms with Crippen molar-refractivity contribution in [3.63, 3.8) is 0 Å². The highest BCUT2D eigenvalue weighted by Gasteiger charge is 2.20. The number of thioether (sulfide) groups is 1. The number of amides is 2. The molecule has 0 saturated carbocycles. The van der Waals surface area contributed by atoms with Crippen LogP contribution in [0.2, 0.25) is 5.02 Å². The number of methoxy groups -OCH3 is 1. The van der Waals surface area contributed by atoms with Gasteiger partial charge in [-0.3, -0.25) is 0 Å². The first kappa shape index (κ1) is 17.7. The van der Waals surface area contributed by atoms with E-state index in [-0.39, 0.29) is 0 Å². The van der Waals surface area contributed by atoms with E-state index >= 15 is 0 Å². The zero-order chi connectivity index (χ0) is 15.7. The molecule has 0 heterocycles. The van der Waals surface area contributed by atoms with Crippen molar-refractivity contribution in [3.05, 3.63) is 34.9 Å². The van der Waals surface area contributed by atoms with Crippen LogP contribution in [0.1, 0.15) is 12.0 Å². The van der Waals surface area contributed by atoms with E-state index in [1.54, 1.807) is 17.8 Å². The van der Waals surface area contributed by atoms with Crippen molar-refractivity contribution < 1.29 is 14.3 Å². The van der Waals surface area contributed by atoms with Gasteiger partial charge < -0.3 is 15.4 Å². The van der Waals surface area contributed by atoms with Gasteiger partial charge in [-0.25, -0.2) is 9.59 Å². The Balaban J connectivity index is 2.50. The quantitative estimate of drug-likeness (QED) is 0.753. The van der Waals surface area contributed by atoms with E-state index in [0.717, 1.165) is 11.3 Å². The van der Waals surface area contributed by atoms with E-state index in [9.17, 15) is 9.59 Å². The fourth-order valence-corrected chi connectivity index (χ4v) is 2.33. The lowest BCUT2D eigenvalue weighted by atomic mass is 10.2. The standard InChI is InChI=1S/C14H19ClN2O3S/c1-20-13(18)12(7-8-21-2)17-14(19)16-9-10-5-3-4-6-11(10)15/h3-6,12H,7-9H2,1-2H3,(H2,16,17,19)/t12-/m1/s1. The number of carbonyl (C=O) groups excluding carboxylic acids is 2. The highest BCUT2D eigenvalue weighted by atomic mass is 35.5. The Hall–Kier alpha value is -1.40. The number of halogens is 1. The number of benzene rings is 1. The molecule has 0 aliphatic rings. The summed E-state index contributed by atoms with van der Waals surface area (Å²) in [5, 5.41) is 5.88. The molecule has 21 heavy (non-hydrogen) atoms. The molecule has 1 rings (SSSR count). The van der Waals surface area contributed by atoms with Gasteiger partial charge in [0.25, 0.3) is 0 Å². The molecule has 1 atom stereocenters. The molecule has 0 aliphatic heterocycles. The van der Waals surface area contributed by atoms with Gasteiger partial charge in [-0.15, -0.1) is 0 Å². The zero-order valence-corrected chi connectivity index (χ0v) is 13.6. The monoisotopic (exact) mass is 330 g/mol. The lowest BCUT2D eigenvalue weighted by Gasteiger charge is -2.16. The normalized spacial score (nSPS) is 11.6. The Morgan fingerprint density at radius 3 is 2.71 bits per heavy atom. The molecular weight excluding hydrogens is 312 g/mol. The van der Waals surface area contributed by atoms with Crippen LogP contribution in [0.5, 0.6) is 0 Å². The minimum Gasteiger partial charge on any atom is -0.467 e. The van der Waals surface area contributed by atoms with E-state index in [0.29, 0.717) is 18.0 Å². The molecule has 2 N–H and O–H groups in total. The van der Waals surface area contributed by atoms with Crippen LogP contribution in [0.4, 0.5) is 4.79 Å². The summed E-state index contributed by atoms with van der Waals surface area (Å²) in [6.45, 7) is 0.294. The lowest BCUT2D eigenvalue weighted by Crippen LogP contribution is -2.46. The van der Waals surface area contributed by atoms with Crippen molar-refractivity contribution in [2.24, 2.45) is 0 Å². The van der Waals surface area contributed by atoms with Crippen molar-refractivity contribution in [1.82, 2.24) is 10.6 Å². The van der Waals surface area contributed by atoms with E-state index in [2.05, 4.69) is 15.4 Å². The van der Waals surface area contributed by atoms with Crippen molar-refractivity contribution in [2.45, 2.75) is 19.0 Å². The highest BCUT2D eigenvalue weighted by molar-refractivity contribution is 7.98. The first-order valence-corrected chi connectivity index (χ1v) is 8.20. The number of ether oxygens (including phenoxy) is 1. The first-order chi connectivity index (χ1) is 10.1. The van der Waals surface area contributed by atoms with Gasteiger partial charge >= 0.3 is 12.0 Å². The van der Waals surface area contributed by atoms with E-state index in [1.807, 2.05) is 24.5 Å². The number of rotatable bonds is 7. The van der Waals surface area contributed by atoms with Crippen LogP contribution in [0, 0.1) is 0 Å². The predicted octanol–water partition coefficient (Wildman–Crippen LogP) is 2.43. The lowest BCUT2D eigenvalue weighted by molar-refractivity contribution is -0.142. The summed E-state index contributed by atoms with van der Waals surface area (Å²) in [5.74, 6) is 0.307. The molecule has 1 aromatic rings. The van der Waals surface area contributed by atoms with Crippen LogP contribution in [0.15, 0.2) is 24.3 Å². The number of carbonyl (C=O) groups is 2. The second kappa shape index (κ2) is 9.52. The molecule has 0 aliphatic carbocycles. The third-order valence-electron chi connectivity index (χ3n) is 2.80. The minimum absolute atomic E-state index is 0.294. The fourth-order valence-electron chi connectivity index (χ4n) is 1.65. The van der Waals surface area contributed by atoms with Gasteiger partial charge in [0.05, 0.1) is 7.11 Å². The third kappa shape index (κ3) is 6.27. The molecule has 0 aromatic heterocycles. The zero-order valence-electron chi connectivity index (χ0n) is 12.0. The SMILES string of the molecule is COC(=O)[C@@H](CCSC)NC(=O)NCc1ccccc1Cl. The van der Waals surface area contributed by atoms with Crippen molar-refractivity contribution in [3.8, 4) is 0 Å². The molecular formula is C14H19ClN2O3S. The summed E-state index contributed by atoms with van der Waals surface area (Å²) < 4.78 is 4.68. The van der Waals surface area contributed by atoms with Gasteiger partial charge in [0.1, 0.15) is 6.04 Å². The average Bonchev–Trinajstić information content (AvgIpc) is 2.49. The van der Waals surface area contributed by atoms with E-state index in [1.165, 1.54) is 7.11 Å². The third-order valence-corrected chi connectivity index (χ3v) is 3.81. The van der Waals surface area contributed by atoms with Crippen LogP contribution < -0.4 is 10.6 Å². The minimum atomic E-state index is -0.645. The largest absolute Gasteiger partial charge is 0.467 e. The Labute approximate surface area is 133 Å². The summed E-state index contributed by atoms with van der Waals surface area (Å²) in [5.41, 5.74) is 0.813. The number of esters is 1. The van der Waals surface area contributed by atoms with Gasteiger partial charge in [0, 0.05) is 11.6 Å². The van der Waals surface area contributed by atoms with Crippen molar-refractivity contribution >= 4 is 35.4 Å². The first-order valence-electron chi connectivity index (χ1n) is 6.43. The molecule has 7 heteroatoms. The Morgan fingerprint density at radius 1 is 1.38 bits per heavy atom. The fraction of sp³-hybridized carbons (Fsp3) is 0.429. The number of urea groups is 1. The summed E-state index contributed by atoms with van der Waals surface area (Å²) in [6, 6.07) is 6.18. The van der Waals surface area contributed by atoms with Gasteiger partial charge in [-0.05, 0) is 30.1 Å². The smallest absolute Gasteiger partial charge is 0.328 e. The molecule has 1 aromatic carbocycles. The molecule has 0 saturated heterocycles. The van der Waals surface area contributed by atoms with Crippen LogP contribution in [0.25, 0.3) is 0 Å². The molecule has 0 spiro atoms. The van der Waals surface area contributed by atoms with Crippen LogP contribution in [-0.2, 0) is 16.1 Å². The maximum atomic E-state index is 11.8. The van der Waals surface area contributed by atoms with Gasteiger partial charge in [0.2, 0.25) is 0 Å². The van der Waals surface area contributed by atoms with Crippen LogP contribution in [0.3, 0.4) is 0 Å². The molecule has 5 nitrogen and oxygen atoms in total. The average molecular weight is 331 g/mol. The highest BCUT2D eigenvalue weighted by Crippen LogP contribution is 2.14. The Morgan fingerprint density at radius 2 is 2.10 bits per heavy atom. The van der Waals surface area contributed by atoms with Gasteiger partial charge in [-0.2, -0.15) is 11.8 Å². The summed E-state index contributed by atoms with van der Waals surface area (Å²) in [4.78, 5) is 23.4. The second-order valence-electron chi connectivity index (χ2n) is 4.28.